The van der Waals surface area contributed by atoms with Crippen molar-refractivity contribution in [3.8, 4) is 0 Å². The smallest absolute Gasteiger partial charge is 0.0399 e. The molecule has 11 heavy (non-hydrogen) atoms. The normalized spacial score (nSPS) is 30.4. The molecule has 60 valence electrons. The van der Waals surface area contributed by atoms with Gasteiger partial charge in [0.2, 0.25) is 0 Å². The summed E-state index contributed by atoms with van der Waals surface area (Å²) in [6, 6.07) is 0. The molecule has 0 radical (unpaired) electrons. The molecule has 2 aliphatic rings. The van der Waals surface area contributed by atoms with E-state index in [2.05, 4.69) is 18.8 Å². The Hall–Kier alpha value is -0.590. The lowest BCUT2D eigenvalue weighted by Crippen LogP contribution is -2.04. The van der Waals surface area contributed by atoms with Crippen LogP contribution in [0, 0.1) is 5.92 Å². The van der Waals surface area contributed by atoms with Gasteiger partial charge in [-0.3, -0.25) is 4.99 Å². The molecule has 1 aliphatic carbocycles. The molecule has 1 unspecified atom stereocenters. The topological polar surface area (TPSA) is 12.4 Å². The minimum atomic E-state index is 0.898. The van der Waals surface area contributed by atoms with Gasteiger partial charge < -0.3 is 0 Å². The second-order valence-corrected chi connectivity index (χ2v) is 3.92. The maximum Gasteiger partial charge on any atom is 0.0399 e. The van der Waals surface area contributed by atoms with E-state index < -0.39 is 0 Å². The molecule has 0 spiro atoms. The van der Waals surface area contributed by atoms with Crippen molar-refractivity contribution in [2.75, 3.05) is 0 Å². The maximum atomic E-state index is 4.54. The van der Waals surface area contributed by atoms with E-state index in [9.17, 15) is 0 Å². The van der Waals surface area contributed by atoms with E-state index in [1.54, 1.807) is 5.57 Å². The van der Waals surface area contributed by atoms with Crippen LogP contribution in [0.5, 0.6) is 0 Å². The number of allylic oxidation sites excluding steroid dienone is 2. The molecule has 0 N–H and O–H groups in total. The Bertz CT molecular complexity index is 235. The van der Waals surface area contributed by atoms with E-state index in [1.165, 1.54) is 37.1 Å². The third kappa shape index (κ3) is 1.24. The Morgan fingerprint density at radius 3 is 3.09 bits per heavy atom. The molecule has 0 aromatic rings. The summed E-state index contributed by atoms with van der Waals surface area (Å²) in [4.78, 5) is 4.54. The summed E-state index contributed by atoms with van der Waals surface area (Å²) in [5, 5.41) is 0. The van der Waals surface area contributed by atoms with Crippen molar-refractivity contribution in [2.24, 2.45) is 10.9 Å². The Kier molecular flexibility index (Phi) is 1.59. The lowest BCUT2D eigenvalue weighted by molar-refractivity contribution is 0.495. The highest BCUT2D eigenvalue weighted by atomic mass is 14.8. The summed E-state index contributed by atoms with van der Waals surface area (Å²) in [5.74, 6) is 0.898. The first-order valence-electron chi connectivity index (χ1n) is 4.51. The molecule has 0 aromatic heterocycles. The van der Waals surface area contributed by atoms with E-state index in [1.807, 2.05) is 0 Å². The third-order valence-electron chi connectivity index (χ3n) is 2.67. The van der Waals surface area contributed by atoms with Crippen molar-refractivity contribution < 1.29 is 0 Å². The SMILES string of the molecule is CC1=NC2=C(C1)CC(C)CC2. The molecule has 1 nitrogen and oxygen atoms in total. The van der Waals surface area contributed by atoms with Gasteiger partial charge in [0.1, 0.15) is 0 Å². The predicted octanol–water partition coefficient (Wildman–Crippen LogP) is 2.93. The fraction of sp³-hybridized carbons (Fsp3) is 0.700. The van der Waals surface area contributed by atoms with Crippen molar-refractivity contribution in [2.45, 2.75) is 39.5 Å². The van der Waals surface area contributed by atoms with Crippen molar-refractivity contribution in [1.29, 1.82) is 0 Å². The van der Waals surface area contributed by atoms with Gasteiger partial charge in [-0.05, 0) is 37.7 Å². The van der Waals surface area contributed by atoms with Gasteiger partial charge in [0.25, 0.3) is 0 Å². The molecule has 1 heterocycles. The summed E-state index contributed by atoms with van der Waals surface area (Å²) in [5.41, 5.74) is 4.37. The minimum Gasteiger partial charge on any atom is -0.262 e. The quantitative estimate of drug-likeness (QED) is 0.502. The van der Waals surface area contributed by atoms with Gasteiger partial charge in [0, 0.05) is 17.8 Å². The van der Waals surface area contributed by atoms with Crippen LogP contribution in [0.4, 0.5) is 0 Å². The van der Waals surface area contributed by atoms with E-state index in [0.29, 0.717) is 0 Å². The number of hydrogen-bond donors (Lipinski definition) is 0. The van der Waals surface area contributed by atoms with Gasteiger partial charge >= 0.3 is 0 Å². The Morgan fingerprint density at radius 1 is 1.45 bits per heavy atom. The highest BCUT2D eigenvalue weighted by Gasteiger charge is 2.21. The Morgan fingerprint density at radius 2 is 2.27 bits per heavy atom. The number of hydrogen-bond acceptors (Lipinski definition) is 1. The first-order chi connectivity index (χ1) is 5.25. The molecular weight excluding hydrogens is 134 g/mol. The second kappa shape index (κ2) is 2.47. The lowest BCUT2D eigenvalue weighted by Gasteiger charge is -2.18. The van der Waals surface area contributed by atoms with Gasteiger partial charge in [-0.15, -0.1) is 0 Å². The highest BCUT2D eigenvalue weighted by molar-refractivity contribution is 5.87. The monoisotopic (exact) mass is 149 g/mol. The van der Waals surface area contributed by atoms with Crippen molar-refractivity contribution >= 4 is 5.71 Å². The van der Waals surface area contributed by atoms with E-state index in [4.69, 9.17) is 0 Å². The van der Waals surface area contributed by atoms with Crippen LogP contribution in [-0.4, -0.2) is 5.71 Å². The average molecular weight is 149 g/mol. The molecule has 0 saturated carbocycles. The fourth-order valence-corrected chi connectivity index (χ4v) is 2.09. The molecule has 1 heteroatoms. The van der Waals surface area contributed by atoms with Crippen LogP contribution in [-0.2, 0) is 0 Å². The molecule has 0 bridgehead atoms. The lowest BCUT2D eigenvalue weighted by atomic mass is 9.88. The summed E-state index contributed by atoms with van der Waals surface area (Å²) >= 11 is 0. The van der Waals surface area contributed by atoms with Crippen LogP contribution in [0.3, 0.4) is 0 Å². The maximum absolute atomic E-state index is 4.54. The average Bonchev–Trinajstić information content (AvgIpc) is 2.27. The highest BCUT2D eigenvalue weighted by Crippen LogP contribution is 2.35. The first-order valence-corrected chi connectivity index (χ1v) is 4.51. The number of rotatable bonds is 0. The predicted molar refractivity (Wildman–Crippen MR) is 47.8 cm³/mol. The standard InChI is InChI=1S/C10H15N/c1-7-3-4-10-9(5-7)6-8(2)11-10/h7H,3-6H2,1-2H3. The Balaban J connectivity index is 2.18. The number of aliphatic imine (C=N–C) groups is 1. The molecule has 0 amide bonds. The van der Waals surface area contributed by atoms with Gasteiger partial charge in [-0.2, -0.15) is 0 Å². The number of nitrogens with zero attached hydrogens (tertiary/aromatic N) is 1. The first kappa shape index (κ1) is 7.08. The van der Waals surface area contributed by atoms with Crippen molar-refractivity contribution in [1.82, 2.24) is 0 Å². The van der Waals surface area contributed by atoms with Crippen LogP contribution >= 0.6 is 0 Å². The van der Waals surface area contributed by atoms with Crippen LogP contribution in [0.1, 0.15) is 39.5 Å². The molecule has 0 saturated heterocycles. The summed E-state index contributed by atoms with van der Waals surface area (Å²) in [7, 11) is 0. The van der Waals surface area contributed by atoms with E-state index in [0.717, 1.165) is 5.92 Å². The zero-order valence-electron chi connectivity index (χ0n) is 7.35. The summed E-state index contributed by atoms with van der Waals surface area (Å²) in [6.07, 6.45) is 5.04. The summed E-state index contributed by atoms with van der Waals surface area (Å²) < 4.78 is 0. The molecule has 2 rings (SSSR count). The molecule has 1 atom stereocenters. The van der Waals surface area contributed by atoms with Crippen LogP contribution in [0.2, 0.25) is 0 Å². The van der Waals surface area contributed by atoms with Gasteiger partial charge in [-0.1, -0.05) is 6.92 Å². The van der Waals surface area contributed by atoms with Gasteiger partial charge in [0.05, 0.1) is 0 Å². The van der Waals surface area contributed by atoms with Crippen molar-refractivity contribution in [3.05, 3.63) is 11.3 Å². The molecule has 1 aliphatic heterocycles. The zero-order chi connectivity index (χ0) is 7.84. The zero-order valence-corrected chi connectivity index (χ0v) is 7.35. The van der Waals surface area contributed by atoms with Crippen LogP contribution in [0.25, 0.3) is 0 Å². The largest absolute Gasteiger partial charge is 0.262 e. The van der Waals surface area contributed by atoms with Crippen LogP contribution in [0.15, 0.2) is 16.3 Å². The van der Waals surface area contributed by atoms with Gasteiger partial charge in [0.15, 0.2) is 0 Å². The second-order valence-electron chi connectivity index (χ2n) is 3.92. The van der Waals surface area contributed by atoms with E-state index >= 15 is 0 Å². The minimum absolute atomic E-state index is 0.898. The molecule has 0 aromatic carbocycles. The Labute approximate surface area is 68.2 Å². The fourth-order valence-electron chi connectivity index (χ4n) is 2.09. The van der Waals surface area contributed by atoms with Crippen molar-refractivity contribution in [3.63, 3.8) is 0 Å². The van der Waals surface area contributed by atoms with E-state index in [-0.39, 0.29) is 0 Å². The summed E-state index contributed by atoms with van der Waals surface area (Å²) in [6.45, 7) is 4.49. The molecule has 0 fully saturated rings. The molecular formula is C10H15N. The van der Waals surface area contributed by atoms with Crippen LogP contribution < -0.4 is 0 Å². The van der Waals surface area contributed by atoms with Gasteiger partial charge in [-0.25, -0.2) is 0 Å². The third-order valence-corrected chi connectivity index (χ3v) is 2.67.